The zero-order valence-corrected chi connectivity index (χ0v) is 9.95. The Morgan fingerprint density at radius 3 is 2.88 bits per heavy atom. The Morgan fingerprint density at radius 1 is 1.44 bits per heavy atom. The minimum Gasteiger partial charge on any atom is -0.508 e. The molecule has 0 bridgehead atoms. The highest BCUT2D eigenvalue weighted by Crippen LogP contribution is 2.19. The van der Waals surface area contributed by atoms with Gasteiger partial charge in [-0.25, -0.2) is 0 Å². The standard InChI is InChI=1S/C14H21NO/c1-11(10-15-13-5-3-6-13)8-12-4-2-7-14(16)9-12/h2,4,7,9,11,13,15-16H,3,5-6,8,10H2,1H3. The molecule has 1 saturated carbocycles. The van der Waals surface area contributed by atoms with Gasteiger partial charge in [-0.05, 0) is 49.4 Å². The Labute approximate surface area is 97.7 Å². The van der Waals surface area contributed by atoms with Gasteiger partial charge < -0.3 is 10.4 Å². The van der Waals surface area contributed by atoms with Crippen molar-refractivity contribution in [3.05, 3.63) is 29.8 Å². The van der Waals surface area contributed by atoms with Crippen LogP contribution in [-0.4, -0.2) is 17.7 Å². The third-order valence-corrected chi connectivity index (χ3v) is 3.35. The summed E-state index contributed by atoms with van der Waals surface area (Å²) in [4.78, 5) is 0. The second-order valence-electron chi connectivity index (χ2n) is 5.02. The van der Waals surface area contributed by atoms with Crippen LogP contribution in [0.2, 0.25) is 0 Å². The maximum Gasteiger partial charge on any atom is 0.115 e. The summed E-state index contributed by atoms with van der Waals surface area (Å²) in [6.45, 7) is 3.34. The van der Waals surface area contributed by atoms with Gasteiger partial charge in [-0.2, -0.15) is 0 Å². The average molecular weight is 219 g/mol. The Hall–Kier alpha value is -1.02. The molecule has 1 aromatic carbocycles. The quantitative estimate of drug-likeness (QED) is 0.798. The van der Waals surface area contributed by atoms with E-state index in [1.54, 1.807) is 6.07 Å². The molecular weight excluding hydrogens is 198 g/mol. The summed E-state index contributed by atoms with van der Waals surface area (Å²) in [5, 5.41) is 13.0. The van der Waals surface area contributed by atoms with E-state index in [4.69, 9.17) is 0 Å². The van der Waals surface area contributed by atoms with E-state index in [1.807, 2.05) is 12.1 Å². The van der Waals surface area contributed by atoms with E-state index in [0.29, 0.717) is 11.7 Å². The number of benzene rings is 1. The third kappa shape index (κ3) is 3.24. The summed E-state index contributed by atoms with van der Waals surface area (Å²) in [7, 11) is 0. The van der Waals surface area contributed by atoms with E-state index in [9.17, 15) is 5.11 Å². The fourth-order valence-electron chi connectivity index (χ4n) is 2.14. The summed E-state index contributed by atoms with van der Waals surface area (Å²) >= 11 is 0. The van der Waals surface area contributed by atoms with Gasteiger partial charge in [-0.3, -0.25) is 0 Å². The Bertz CT molecular complexity index is 333. The van der Waals surface area contributed by atoms with Gasteiger partial charge in [0.15, 0.2) is 0 Å². The molecule has 1 aliphatic rings. The van der Waals surface area contributed by atoms with E-state index in [0.717, 1.165) is 19.0 Å². The first-order chi connectivity index (χ1) is 7.74. The van der Waals surface area contributed by atoms with E-state index >= 15 is 0 Å². The molecule has 0 spiro atoms. The Kier molecular flexibility index (Phi) is 3.83. The Balaban J connectivity index is 1.75. The Morgan fingerprint density at radius 2 is 2.25 bits per heavy atom. The molecule has 1 fully saturated rings. The van der Waals surface area contributed by atoms with Crippen LogP contribution in [0.5, 0.6) is 5.75 Å². The van der Waals surface area contributed by atoms with Crippen LogP contribution in [0.1, 0.15) is 31.7 Å². The minimum atomic E-state index is 0.372. The van der Waals surface area contributed by atoms with Gasteiger partial charge in [0.2, 0.25) is 0 Å². The first kappa shape index (κ1) is 11.5. The van der Waals surface area contributed by atoms with Crippen molar-refractivity contribution in [2.24, 2.45) is 5.92 Å². The van der Waals surface area contributed by atoms with Crippen LogP contribution in [0.3, 0.4) is 0 Å². The smallest absolute Gasteiger partial charge is 0.115 e. The highest BCUT2D eigenvalue weighted by atomic mass is 16.3. The van der Waals surface area contributed by atoms with Crippen molar-refractivity contribution < 1.29 is 5.11 Å². The number of hydrogen-bond acceptors (Lipinski definition) is 2. The number of rotatable bonds is 5. The molecule has 0 aliphatic heterocycles. The van der Waals surface area contributed by atoms with Crippen molar-refractivity contribution in [3.63, 3.8) is 0 Å². The lowest BCUT2D eigenvalue weighted by Crippen LogP contribution is -2.38. The molecule has 2 N–H and O–H groups in total. The number of aromatic hydroxyl groups is 1. The predicted molar refractivity (Wildman–Crippen MR) is 66.6 cm³/mol. The summed E-state index contributed by atoms with van der Waals surface area (Å²) in [6.07, 6.45) is 5.12. The van der Waals surface area contributed by atoms with Crippen LogP contribution in [0.25, 0.3) is 0 Å². The number of phenolic OH excluding ortho intramolecular Hbond substituents is 1. The van der Waals surface area contributed by atoms with Crippen molar-refractivity contribution in [2.45, 2.75) is 38.6 Å². The zero-order chi connectivity index (χ0) is 11.4. The van der Waals surface area contributed by atoms with Crippen molar-refractivity contribution >= 4 is 0 Å². The van der Waals surface area contributed by atoms with Gasteiger partial charge in [-0.15, -0.1) is 0 Å². The van der Waals surface area contributed by atoms with E-state index in [1.165, 1.54) is 24.8 Å². The largest absolute Gasteiger partial charge is 0.508 e. The molecule has 0 heterocycles. The lowest BCUT2D eigenvalue weighted by atomic mass is 9.92. The zero-order valence-electron chi connectivity index (χ0n) is 9.95. The summed E-state index contributed by atoms with van der Waals surface area (Å²) in [6, 6.07) is 8.35. The van der Waals surface area contributed by atoms with Crippen molar-refractivity contribution in [1.29, 1.82) is 0 Å². The van der Waals surface area contributed by atoms with Crippen molar-refractivity contribution in [2.75, 3.05) is 6.54 Å². The SMILES string of the molecule is CC(CNC1CCC1)Cc1cccc(O)c1. The number of phenols is 1. The fourth-order valence-corrected chi connectivity index (χ4v) is 2.14. The van der Waals surface area contributed by atoms with E-state index in [-0.39, 0.29) is 0 Å². The van der Waals surface area contributed by atoms with Crippen LogP contribution in [0, 0.1) is 5.92 Å². The lowest BCUT2D eigenvalue weighted by Gasteiger charge is -2.28. The predicted octanol–water partition coefficient (Wildman–Crippen LogP) is 2.71. The van der Waals surface area contributed by atoms with Gasteiger partial charge in [-0.1, -0.05) is 25.5 Å². The van der Waals surface area contributed by atoms with Gasteiger partial charge in [0.25, 0.3) is 0 Å². The molecule has 0 aromatic heterocycles. The highest BCUT2D eigenvalue weighted by molar-refractivity contribution is 5.27. The first-order valence-electron chi connectivity index (χ1n) is 6.25. The maximum atomic E-state index is 9.38. The summed E-state index contributed by atoms with van der Waals surface area (Å²) in [5.74, 6) is 0.999. The minimum absolute atomic E-state index is 0.372. The molecule has 1 aliphatic carbocycles. The van der Waals surface area contributed by atoms with Crippen molar-refractivity contribution in [3.8, 4) is 5.75 Å². The lowest BCUT2D eigenvalue weighted by molar-refractivity contribution is 0.320. The van der Waals surface area contributed by atoms with Gasteiger partial charge in [0.05, 0.1) is 0 Å². The molecule has 2 nitrogen and oxygen atoms in total. The number of nitrogens with one attached hydrogen (secondary N) is 1. The second-order valence-corrected chi connectivity index (χ2v) is 5.02. The van der Waals surface area contributed by atoms with Crippen LogP contribution < -0.4 is 5.32 Å². The van der Waals surface area contributed by atoms with Gasteiger partial charge in [0, 0.05) is 6.04 Å². The first-order valence-corrected chi connectivity index (χ1v) is 6.25. The molecule has 2 heteroatoms. The molecule has 2 rings (SSSR count). The van der Waals surface area contributed by atoms with Crippen LogP contribution in [0.4, 0.5) is 0 Å². The monoisotopic (exact) mass is 219 g/mol. The van der Waals surface area contributed by atoms with Crippen LogP contribution >= 0.6 is 0 Å². The summed E-state index contributed by atoms with van der Waals surface area (Å²) < 4.78 is 0. The average Bonchev–Trinajstić information content (AvgIpc) is 2.15. The van der Waals surface area contributed by atoms with E-state index in [2.05, 4.69) is 18.3 Å². The van der Waals surface area contributed by atoms with Crippen LogP contribution in [-0.2, 0) is 6.42 Å². The normalized spacial score (nSPS) is 18.1. The topological polar surface area (TPSA) is 32.3 Å². The molecule has 1 unspecified atom stereocenters. The highest BCUT2D eigenvalue weighted by Gasteiger charge is 2.17. The summed E-state index contributed by atoms with van der Waals surface area (Å²) in [5.41, 5.74) is 1.22. The van der Waals surface area contributed by atoms with Crippen LogP contribution in [0.15, 0.2) is 24.3 Å². The molecule has 16 heavy (non-hydrogen) atoms. The second kappa shape index (κ2) is 5.35. The molecule has 0 saturated heterocycles. The van der Waals surface area contributed by atoms with Gasteiger partial charge >= 0.3 is 0 Å². The molecule has 1 atom stereocenters. The maximum absolute atomic E-state index is 9.38. The third-order valence-electron chi connectivity index (χ3n) is 3.35. The van der Waals surface area contributed by atoms with E-state index < -0.39 is 0 Å². The fraction of sp³-hybridized carbons (Fsp3) is 0.571. The molecule has 0 radical (unpaired) electrons. The van der Waals surface area contributed by atoms with Gasteiger partial charge in [0.1, 0.15) is 5.75 Å². The molecule has 88 valence electrons. The number of hydrogen-bond donors (Lipinski definition) is 2. The molecular formula is C14H21NO. The molecule has 1 aromatic rings. The van der Waals surface area contributed by atoms with Crippen molar-refractivity contribution in [1.82, 2.24) is 5.32 Å². The molecule has 0 amide bonds.